The van der Waals surface area contributed by atoms with Crippen LogP contribution in [0.3, 0.4) is 0 Å². The van der Waals surface area contributed by atoms with Crippen molar-refractivity contribution in [3.8, 4) is 0 Å². The molecule has 0 spiro atoms. The van der Waals surface area contributed by atoms with E-state index in [1.807, 2.05) is 6.92 Å². The first-order valence-electron chi connectivity index (χ1n) is 8.10. The number of nitrogens with zero attached hydrogens (tertiary/aromatic N) is 1. The molecule has 4 atom stereocenters. The van der Waals surface area contributed by atoms with Crippen LogP contribution in [0.15, 0.2) is 0 Å². The molecule has 0 aliphatic carbocycles. The van der Waals surface area contributed by atoms with Crippen LogP contribution < -0.4 is 16.4 Å². The number of carbonyl (C=O) groups is 2. The number of halogens is 1. The average molecular weight is 314 g/mol. The number of carbonyl (C=O) groups excluding carboxylic acids is 2. The molecule has 0 radical (unpaired) electrons. The molecule has 0 aromatic heterocycles. The van der Waals surface area contributed by atoms with Gasteiger partial charge in [0.1, 0.15) is 6.17 Å². The van der Waals surface area contributed by atoms with Crippen molar-refractivity contribution in [1.82, 2.24) is 15.5 Å². The number of amides is 2. The predicted octanol–water partition coefficient (Wildman–Crippen LogP) is -0.223. The van der Waals surface area contributed by atoms with Crippen LogP contribution in [0.4, 0.5) is 4.39 Å². The Morgan fingerprint density at radius 3 is 2.45 bits per heavy atom. The van der Waals surface area contributed by atoms with Crippen molar-refractivity contribution in [2.24, 2.45) is 11.7 Å². The van der Waals surface area contributed by atoms with Crippen molar-refractivity contribution in [2.45, 2.75) is 57.4 Å². The third-order valence-corrected chi connectivity index (χ3v) is 4.71. The summed E-state index contributed by atoms with van der Waals surface area (Å²) in [6.45, 7) is 5.29. The van der Waals surface area contributed by atoms with Gasteiger partial charge in [-0.25, -0.2) is 4.39 Å². The van der Waals surface area contributed by atoms with Gasteiger partial charge in [0.2, 0.25) is 11.8 Å². The van der Waals surface area contributed by atoms with Gasteiger partial charge in [-0.2, -0.15) is 0 Å². The van der Waals surface area contributed by atoms with Crippen molar-refractivity contribution in [3.05, 3.63) is 0 Å². The van der Waals surface area contributed by atoms with Crippen LogP contribution in [0.1, 0.15) is 33.1 Å². The highest BCUT2D eigenvalue weighted by Gasteiger charge is 2.32. The number of nitrogens with one attached hydrogen (secondary N) is 2. The smallest absolute Gasteiger partial charge is 0.239 e. The molecule has 6 nitrogen and oxygen atoms in total. The maximum Gasteiger partial charge on any atom is 0.239 e. The Kier molecular flexibility index (Phi) is 5.74. The summed E-state index contributed by atoms with van der Waals surface area (Å²) in [5, 5.41) is 5.88. The first-order chi connectivity index (χ1) is 10.4. The van der Waals surface area contributed by atoms with Gasteiger partial charge in [0.05, 0.1) is 12.1 Å². The monoisotopic (exact) mass is 314 g/mol. The lowest BCUT2D eigenvalue weighted by molar-refractivity contribution is -0.134. The summed E-state index contributed by atoms with van der Waals surface area (Å²) < 4.78 is 13.1. The summed E-state index contributed by atoms with van der Waals surface area (Å²) in [4.78, 5) is 25.7. The molecule has 0 aromatic carbocycles. The third kappa shape index (κ3) is 4.16. The van der Waals surface area contributed by atoms with Crippen LogP contribution in [-0.4, -0.2) is 60.6 Å². The molecule has 0 aromatic rings. The third-order valence-electron chi connectivity index (χ3n) is 4.71. The number of likely N-dealkylation sites (tertiary alicyclic amines) is 1. The van der Waals surface area contributed by atoms with E-state index in [1.165, 1.54) is 0 Å². The maximum absolute atomic E-state index is 13.1. The second-order valence-electron chi connectivity index (χ2n) is 6.54. The number of rotatable bonds is 4. The summed E-state index contributed by atoms with van der Waals surface area (Å²) >= 11 is 0. The molecule has 2 aliphatic heterocycles. The molecule has 2 unspecified atom stereocenters. The first kappa shape index (κ1) is 17.1. The largest absolute Gasteiger partial charge is 0.352 e. The lowest BCUT2D eigenvalue weighted by atomic mass is 9.90. The first-order valence-corrected chi connectivity index (χ1v) is 8.10. The zero-order valence-corrected chi connectivity index (χ0v) is 13.3. The van der Waals surface area contributed by atoms with E-state index in [9.17, 15) is 14.0 Å². The van der Waals surface area contributed by atoms with E-state index in [-0.39, 0.29) is 30.8 Å². The Balaban J connectivity index is 1.76. The van der Waals surface area contributed by atoms with Gasteiger partial charge in [0.25, 0.3) is 0 Å². The van der Waals surface area contributed by atoms with E-state index in [0.717, 1.165) is 12.8 Å². The normalized spacial score (nSPS) is 29.2. The number of hydrogen-bond donors (Lipinski definition) is 3. The Bertz CT molecular complexity index is 410. The van der Waals surface area contributed by atoms with Gasteiger partial charge in [-0.05, 0) is 32.6 Å². The molecule has 4 N–H and O–H groups in total. The second-order valence-corrected chi connectivity index (χ2v) is 6.54. The van der Waals surface area contributed by atoms with E-state index >= 15 is 0 Å². The SMILES string of the molecule is CC(N)C(=O)N1CCC(C(C)NC(=O)[C@@H]2C[C@H](F)CN2)CC1. The zero-order valence-electron chi connectivity index (χ0n) is 13.3. The highest BCUT2D eigenvalue weighted by atomic mass is 19.1. The molecule has 2 amide bonds. The number of piperidine rings is 1. The van der Waals surface area contributed by atoms with Crippen molar-refractivity contribution < 1.29 is 14.0 Å². The number of hydrogen-bond acceptors (Lipinski definition) is 4. The summed E-state index contributed by atoms with van der Waals surface area (Å²) in [5.74, 6) is 0.199. The quantitative estimate of drug-likeness (QED) is 0.669. The van der Waals surface area contributed by atoms with E-state index in [0.29, 0.717) is 19.0 Å². The lowest BCUT2D eigenvalue weighted by Gasteiger charge is -2.36. The predicted molar refractivity (Wildman–Crippen MR) is 81.9 cm³/mol. The molecular formula is C15H27FN4O2. The van der Waals surface area contributed by atoms with Crippen molar-refractivity contribution in [3.63, 3.8) is 0 Å². The fraction of sp³-hybridized carbons (Fsp3) is 0.867. The highest BCUT2D eigenvalue weighted by Crippen LogP contribution is 2.21. The van der Waals surface area contributed by atoms with E-state index in [2.05, 4.69) is 10.6 Å². The fourth-order valence-electron chi connectivity index (χ4n) is 3.24. The molecule has 2 rings (SSSR count). The van der Waals surface area contributed by atoms with E-state index in [4.69, 9.17) is 5.73 Å². The zero-order chi connectivity index (χ0) is 16.3. The van der Waals surface area contributed by atoms with E-state index in [1.54, 1.807) is 11.8 Å². The summed E-state index contributed by atoms with van der Waals surface area (Å²) in [6.07, 6.45) is 1.02. The van der Waals surface area contributed by atoms with Crippen molar-refractivity contribution in [1.29, 1.82) is 0 Å². The van der Waals surface area contributed by atoms with E-state index < -0.39 is 18.3 Å². The minimum atomic E-state index is -0.932. The average Bonchev–Trinajstić information content (AvgIpc) is 2.93. The van der Waals surface area contributed by atoms with Crippen LogP contribution in [0.5, 0.6) is 0 Å². The Labute approximate surface area is 131 Å². The van der Waals surface area contributed by atoms with Gasteiger partial charge < -0.3 is 21.3 Å². The molecule has 22 heavy (non-hydrogen) atoms. The molecule has 0 bridgehead atoms. The lowest BCUT2D eigenvalue weighted by Crippen LogP contribution is -2.51. The maximum atomic E-state index is 13.1. The molecule has 2 aliphatic rings. The van der Waals surface area contributed by atoms with Gasteiger partial charge in [0, 0.05) is 32.1 Å². The Morgan fingerprint density at radius 1 is 1.32 bits per heavy atom. The summed E-state index contributed by atoms with van der Waals surface area (Å²) in [6, 6.07) is -0.853. The van der Waals surface area contributed by atoms with Crippen molar-refractivity contribution in [2.75, 3.05) is 19.6 Å². The van der Waals surface area contributed by atoms with Gasteiger partial charge in [-0.15, -0.1) is 0 Å². The van der Waals surface area contributed by atoms with Gasteiger partial charge in [-0.1, -0.05) is 0 Å². The fourth-order valence-corrected chi connectivity index (χ4v) is 3.24. The molecule has 7 heteroatoms. The van der Waals surface area contributed by atoms with Crippen LogP contribution in [0.25, 0.3) is 0 Å². The molecule has 0 saturated carbocycles. The number of alkyl halides is 1. The molecule has 2 fully saturated rings. The van der Waals surface area contributed by atoms with Crippen LogP contribution in [0, 0.1) is 5.92 Å². The Morgan fingerprint density at radius 2 is 1.95 bits per heavy atom. The minimum absolute atomic E-state index is 0.0146. The Hall–Kier alpha value is -1.21. The summed E-state index contributed by atoms with van der Waals surface area (Å²) in [5.41, 5.74) is 5.62. The van der Waals surface area contributed by atoms with Crippen LogP contribution in [-0.2, 0) is 9.59 Å². The number of nitrogens with two attached hydrogens (primary N) is 1. The highest BCUT2D eigenvalue weighted by molar-refractivity contribution is 5.82. The molecule has 2 saturated heterocycles. The molecular weight excluding hydrogens is 287 g/mol. The standard InChI is InChI=1S/C15H27FN4O2/c1-9(17)15(22)20-5-3-11(4-6-20)10(2)19-14(21)13-7-12(16)8-18-13/h9-13,18H,3-8,17H2,1-2H3,(H,19,21)/t9?,10?,12-,13-/m0/s1. The van der Waals surface area contributed by atoms with Crippen LogP contribution >= 0.6 is 0 Å². The molecule has 2 heterocycles. The van der Waals surface area contributed by atoms with Gasteiger partial charge >= 0.3 is 0 Å². The summed E-state index contributed by atoms with van der Waals surface area (Å²) in [7, 11) is 0. The second kappa shape index (κ2) is 7.37. The van der Waals surface area contributed by atoms with Gasteiger partial charge in [0.15, 0.2) is 0 Å². The van der Waals surface area contributed by atoms with Crippen LogP contribution in [0.2, 0.25) is 0 Å². The topological polar surface area (TPSA) is 87.5 Å². The van der Waals surface area contributed by atoms with Crippen molar-refractivity contribution >= 4 is 11.8 Å². The molecule has 126 valence electrons. The minimum Gasteiger partial charge on any atom is -0.352 e. The van der Waals surface area contributed by atoms with Gasteiger partial charge in [-0.3, -0.25) is 9.59 Å².